The van der Waals surface area contributed by atoms with Crippen LogP contribution in [0, 0.1) is 24.0 Å². The number of aliphatic hydroxyl groups excluding tert-OH is 1. The summed E-state index contributed by atoms with van der Waals surface area (Å²) in [6, 6.07) is 10.9. The number of aliphatic hydroxyl groups is 1. The van der Waals surface area contributed by atoms with Crippen molar-refractivity contribution in [3.63, 3.8) is 0 Å². The maximum Gasteiger partial charge on any atom is 0.217 e. The minimum absolute atomic E-state index is 0.0235. The molecule has 0 spiro atoms. The molecule has 0 heterocycles. The Labute approximate surface area is 176 Å². The lowest BCUT2D eigenvalue weighted by molar-refractivity contribution is -0.120. The van der Waals surface area contributed by atoms with Crippen molar-refractivity contribution in [3.8, 4) is 0 Å². The average molecular weight is 417 g/mol. The fourth-order valence-electron chi connectivity index (χ4n) is 4.37. The van der Waals surface area contributed by atoms with Crippen molar-refractivity contribution in [2.75, 3.05) is 6.54 Å². The Morgan fingerprint density at radius 3 is 2.33 bits per heavy atom. The lowest BCUT2D eigenvalue weighted by atomic mass is 9.94. The lowest BCUT2D eigenvalue weighted by Gasteiger charge is -2.29. The van der Waals surface area contributed by atoms with Crippen molar-refractivity contribution in [3.05, 3.63) is 70.8 Å². The maximum absolute atomic E-state index is 13.6. The minimum Gasteiger partial charge on any atom is -0.390 e. The van der Waals surface area contributed by atoms with E-state index in [4.69, 9.17) is 0 Å². The fraction of sp³-hybridized carbons (Fsp3) is 0.458. The highest BCUT2D eigenvalue weighted by Gasteiger charge is 2.61. The van der Waals surface area contributed by atoms with E-state index in [-0.39, 0.29) is 29.8 Å². The number of hydrogen-bond donors (Lipinski definition) is 3. The standard InChI is InChI=1S/C24H30F2N2O2/c1-15-6-5-7-18(8-15)24(14-23(24,3)4)27-13-22(30)21(28-16(2)29)11-17-9-19(25)12-20(26)10-17/h5-10,12,21-22,27,30H,11,13-14H2,1-4H3,(H,28,29). The summed E-state index contributed by atoms with van der Waals surface area (Å²) in [7, 11) is 0. The minimum atomic E-state index is -0.932. The maximum atomic E-state index is 13.6. The summed E-state index contributed by atoms with van der Waals surface area (Å²) in [4.78, 5) is 11.7. The van der Waals surface area contributed by atoms with Crippen molar-refractivity contribution in [1.29, 1.82) is 0 Å². The first-order valence-corrected chi connectivity index (χ1v) is 10.2. The lowest BCUT2D eigenvalue weighted by Crippen LogP contribution is -2.50. The highest BCUT2D eigenvalue weighted by molar-refractivity contribution is 5.73. The summed E-state index contributed by atoms with van der Waals surface area (Å²) in [5, 5.41) is 17.1. The summed E-state index contributed by atoms with van der Waals surface area (Å²) in [5.74, 6) is -1.68. The molecule has 1 saturated carbocycles. The molecule has 0 saturated heterocycles. The zero-order chi connectivity index (χ0) is 22.1. The van der Waals surface area contributed by atoms with E-state index in [1.54, 1.807) is 0 Å². The Hall–Kier alpha value is -2.31. The van der Waals surface area contributed by atoms with E-state index < -0.39 is 23.8 Å². The van der Waals surface area contributed by atoms with Crippen LogP contribution in [0.5, 0.6) is 0 Å². The van der Waals surface area contributed by atoms with Crippen molar-refractivity contribution in [1.82, 2.24) is 10.6 Å². The van der Waals surface area contributed by atoms with E-state index in [1.165, 1.54) is 30.2 Å². The predicted molar refractivity (Wildman–Crippen MR) is 113 cm³/mol. The normalized spacial score (nSPS) is 21.7. The molecule has 0 aromatic heterocycles. The number of carbonyl (C=O) groups excluding carboxylic acids is 1. The van der Waals surface area contributed by atoms with Crippen LogP contribution in [0.2, 0.25) is 0 Å². The molecule has 6 heteroatoms. The molecule has 0 aliphatic heterocycles. The van der Waals surface area contributed by atoms with Gasteiger partial charge in [-0.1, -0.05) is 43.7 Å². The molecule has 2 aromatic rings. The second kappa shape index (κ2) is 8.44. The number of nitrogens with one attached hydrogen (secondary N) is 2. The summed E-state index contributed by atoms with van der Waals surface area (Å²) in [6.45, 7) is 8.00. The van der Waals surface area contributed by atoms with Crippen LogP contribution in [0.25, 0.3) is 0 Å². The highest BCUT2D eigenvalue weighted by atomic mass is 19.1. The van der Waals surface area contributed by atoms with Crippen LogP contribution < -0.4 is 10.6 Å². The first-order chi connectivity index (χ1) is 14.0. The second-order valence-corrected chi connectivity index (χ2v) is 9.07. The van der Waals surface area contributed by atoms with Crippen molar-refractivity contribution < 1.29 is 18.7 Å². The number of aryl methyl sites for hydroxylation is 1. The van der Waals surface area contributed by atoms with Crippen LogP contribution in [0.15, 0.2) is 42.5 Å². The smallest absolute Gasteiger partial charge is 0.217 e. The quantitative estimate of drug-likeness (QED) is 0.616. The summed E-state index contributed by atoms with van der Waals surface area (Å²) in [5.41, 5.74) is 2.48. The number of halogens is 2. The number of rotatable bonds is 8. The molecule has 1 aliphatic rings. The first-order valence-electron chi connectivity index (χ1n) is 10.2. The third kappa shape index (κ3) is 4.87. The van der Waals surface area contributed by atoms with Crippen LogP contribution in [0.3, 0.4) is 0 Å². The van der Waals surface area contributed by atoms with E-state index in [0.717, 1.165) is 12.5 Å². The van der Waals surface area contributed by atoms with Crippen LogP contribution in [0.4, 0.5) is 8.78 Å². The SMILES string of the molecule is CC(=O)NC(Cc1cc(F)cc(F)c1)C(O)CNC1(c2cccc(C)c2)CC1(C)C. The van der Waals surface area contributed by atoms with E-state index in [2.05, 4.69) is 36.6 Å². The Morgan fingerprint density at radius 2 is 1.80 bits per heavy atom. The van der Waals surface area contributed by atoms with E-state index in [0.29, 0.717) is 5.56 Å². The molecule has 3 atom stereocenters. The molecule has 0 radical (unpaired) electrons. The molecule has 3 unspecified atom stereocenters. The number of benzene rings is 2. The molecule has 1 fully saturated rings. The summed E-state index contributed by atoms with van der Waals surface area (Å²) >= 11 is 0. The number of carbonyl (C=O) groups is 1. The Bertz CT molecular complexity index is 911. The zero-order valence-corrected chi connectivity index (χ0v) is 17.9. The Kier molecular flexibility index (Phi) is 6.29. The molecule has 30 heavy (non-hydrogen) atoms. The van der Waals surface area contributed by atoms with E-state index in [1.807, 2.05) is 19.1 Å². The van der Waals surface area contributed by atoms with Crippen LogP contribution in [0.1, 0.15) is 43.9 Å². The molecule has 3 rings (SSSR count). The molecule has 0 bridgehead atoms. The fourth-order valence-corrected chi connectivity index (χ4v) is 4.37. The Balaban J connectivity index is 1.75. The van der Waals surface area contributed by atoms with E-state index >= 15 is 0 Å². The average Bonchev–Trinajstić information content (AvgIpc) is 3.20. The molecule has 3 N–H and O–H groups in total. The van der Waals surface area contributed by atoms with Gasteiger partial charge in [-0.3, -0.25) is 4.79 Å². The third-order valence-corrected chi connectivity index (χ3v) is 6.09. The van der Waals surface area contributed by atoms with Gasteiger partial charge in [0.05, 0.1) is 12.1 Å². The van der Waals surface area contributed by atoms with Gasteiger partial charge in [0.25, 0.3) is 0 Å². The highest BCUT2D eigenvalue weighted by Crippen LogP contribution is 2.62. The second-order valence-electron chi connectivity index (χ2n) is 9.07. The van der Waals surface area contributed by atoms with Crippen molar-refractivity contribution in [2.45, 2.75) is 58.2 Å². The van der Waals surface area contributed by atoms with Crippen LogP contribution >= 0.6 is 0 Å². The summed E-state index contributed by atoms with van der Waals surface area (Å²) in [6.07, 6.45) is 0.118. The molecular formula is C24H30F2N2O2. The molecule has 2 aromatic carbocycles. The van der Waals surface area contributed by atoms with Gasteiger partial charge in [0, 0.05) is 25.1 Å². The number of amides is 1. The first kappa shape index (κ1) is 22.4. The van der Waals surface area contributed by atoms with Crippen LogP contribution in [-0.4, -0.2) is 29.7 Å². The van der Waals surface area contributed by atoms with Gasteiger partial charge in [-0.2, -0.15) is 0 Å². The largest absolute Gasteiger partial charge is 0.390 e. The molecule has 4 nitrogen and oxygen atoms in total. The molecular weight excluding hydrogens is 386 g/mol. The van der Waals surface area contributed by atoms with Crippen molar-refractivity contribution >= 4 is 5.91 Å². The zero-order valence-electron chi connectivity index (χ0n) is 17.9. The van der Waals surface area contributed by atoms with Gasteiger partial charge in [0.15, 0.2) is 0 Å². The van der Waals surface area contributed by atoms with Crippen LogP contribution in [-0.2, 0) is 16.8 Å². The van der Waals surface area contributed by atoms with Gasteiger partial charge in [-0.15, -0.1) is 0 Å². The third-order valence-electron chi connectivity index (χ3n) is 6.09. The van der Waals surface area contributed by atoms with Gasteiger partial charge in [0.1, 0.15) is 11.6 Å². The van der Waals surface area contributed by atoms with Gasteiger partial charge >= 0.3 is 0 Å². The van der Waals surface area contributed by atoms with Crippen molar-refractivity contribution in [2.24, 2.45) is 5.41 Å². The molecule has 162 valence electrons. The van der Waals surface area contributed by atoms with E-state index in [9.17, 15) is 18.7 Å². The Morgan fingerprint density at radius 1 is 1.17 bits per heavy atom. The summed E-state index contributed by atoms with van der Waals surface area (Å²) < 4.78 is 27.1. The van der Waals surface area contributed by atoms with Gasteiger partial charge in [0.2, 0.25) is 5.91 Å². The van der Waals surface area contributed by atoms with Gasteiger partial charge < -0.3 is 15.7 Å². The molecule has 1 amide bonds. The monoisotopic (exact) mass is 416 g/mol. The van der Waals surface area contributed by atoms with Gasteiger partial charge in [-0.25, -0.2) is 8.78 Å². The number of hydrogen-bond acceptors (Lipinski definition) is 3. The van der Waals surface area contributed by atoms with Gasteiger partial charge in [-0.05, 0) is 48.4 Å². The molecule has 1 aliphatic carbocycles. The predicted octanol–water partition coefficient (Wildman–Crippen LogP) is 3.60. The topological polar surface area (TPSA) is 61.4 Å².